The number of anilines is 1. The molecule has 2 N–H and O–H groups in total. The molecule has 1 amide bonds. The molecule has 0 atom stereocenters. The Balaban J connectivity index is 2.68. The van der Waals surface area contributed by atoms with E-state index in [2.05, 4.69) is 15.6 Å². The molecule has 6 heteroatoms. The zero-order valence-corrected chi connectivity index (χ0v) is 10.8. The molecule has 90 valence electrons. The number of carbonyl (C=O) groups excluding carboxylic acids is 1. The Morgan fingerprint density at radius 1 is 1.59 bits per heavy atom. The van der Waals surface area contributed by atoms with Crippen LogP contribution in [0, 0.1) is 11.3 Å². The summed E-state index contributed by atoms with van der Waals surface area (Å²) in [6, 6.07) is 1.85. The summed E-state index contributed by atoms with van der Waals surface area (Å²) in [4.78, 5) is 15.7. The van der Waals surface area contributed by atoms with Crippen LogP contribution < -0.4 is 10.6 Å². The Hall–Kier alpha value is -1.87. The Morgan fingerprint density at radius 2 is 2.29 bits per heavy atom. The van der Waals surface area contributed by atoms with E-state index >= 15 is 0 Å². The van der Waals surface area contributed by atoms with Crippen LogP contribution in [0.1, 0.15) is 20.8 Å². The van der Waals surface area contributed by atoms with Gasteiger partial charge in [0.1, 0.15) is 11.6 Å². The number of aromatic nitrogens is 1. The minimum absolute atomic E-state index is 0.0233. The average molecular weight is 250 g/mol. The van der Waals surface area contributed by atoms with E-state index in [0.717, 1.165) is 0 Å². The summed E-state index contributed by atoms with van der Waals surface area (Å²) in [5.41, 5.74) is -0.344. The first-order chi connectivity index (χ1) is 7.92. The van der Waals surface area contributed by atoms with Crippen LogP contribution in [0.2, 0.25) is 0 Å². The molecule has 0 bridgehead atoms. The van der Waals surface area contributed by atoms with E-state index in [9.17, 15) is 4.79 Å². The Labute approximate surface area is 104 Å². The first-order valence-electron chi connectivity index (χ1n) is 5.01. The molecule has 0 saturated heterocycles. The smallest absolute Gasteiger partial charge is 0.263 e. The lowest BCUT2D eigenvalue weighted by Gasteiger charge is -2.19. The van der Waals surface area contributed by atoms with Crippen molar-refractivity contribution >= 4 is 22.4 Å². The fourth-order valence-electron chi connectivity index (χ4n) is 0.985. The van der Waals surface area contributed by atoms with E-state index in [0.29, 0.717) is 5.13 Å². The number of hydrogen-bond donors (Lipinski definition) is 2. The predicted molar refractivity (Wildman–Crippen MR) is 67.3 cm³/mol. The normalized spacial score (nSPS) is 11.8. The third-order valence-corrected chi connectivity index (χ3v) is 2.33. The van der Waals surface area contributed by atoms with Crippen molar-refractivity contribution in [3.8, 4) is 6.07 Å². The molecule has 0 spiro atoms. The zero-order valence-electron chi connectivity index (χ0n) is 9.94. The van der Waals surface area contributed by atoms with Crippen molar-refractivity contribution in [2.75, 3.05) is 5.32 Å². The molecule has 17 heavy (non-hydrogen) atoms. The van der Waals surface area contributed by atoms with Crippen LogP contribution >= 0.6 is 11.3 Å². The molecule has 1 heterocycles. The SMILES string of the molecule is CC(C)(C)NC(=O)/C(C#N)=C\Nc1nccs1. The number of thiazole rings is 1. The van der Waals surface area contributed by atoms with E-state index < -0.39 is 5.91 Å². The molecular formula is C11H14N4OS. The predicted octanol–water partition coefficient (Wildman–Crippen LogP) is 1.88. The number of nitrogens with zero attached hydrogens (tertiary/aromatic N) is 2. The minimum atomic E-state index is -0.399. The molecule has 0 radical (unpaired) electrons. The molecule has 0 fully saturated rings. The van der Waals surface area contributed by atoms with Gasteiger partial charge in [-0.1, -0.05) is 0 Å². The lowest BCUT2D eigenvalue weighted by atomic mass is 10.1. The molecule has 0 aliphatic heterocycles. The second kappa shape index (κ2) is 5.46. The number of rotatable bonds is 3. The molecular weight excluding hydrogens is 236 g/mol. The first kappa shape index (κ1) is 13.2. The van der Waals surface area contributed by atoms with Gasteiger partial charge in [0.05, 0.1) is 0 Å². The van der Waals surface area contributed by atoms with Crippen molar-refractivity contribution in [1.29, 1.82) is 5.26 Å². The van der Waals surface area contributed by atoms with Gasteiger partial charge >= 0.3 is 0 Å². The molecule has 1 aromatic heterocycles. The average Bonchev–Trinajstić information content (AvgIpc) is 2.68. The molecule has 1 aromatic rings. The summed E-state index contributed by atoms with van der Waals surface area (Å²) >= 11 is 1.39. The van der Waals surface area contributed by atoms with Crippen LogP contribution in [0.4, 0.5) is 5.13 Å². The van der Waals surface area contributed by atoms with E-state index in [4.69, 9.17) is 5.26 Å². The summed E-state index contributed by atoms with van der Waals surface area (Å²) in [7, 11) is 0. The van der Waals surface area contributed by atoms with Crippen LogP contribution in [-0.4, -0.2) is 16.4 Å². The van der Waals surface area contributed by atoms with Crippen molar-refractivity contribution in [2.24, 2.45) is 0 Å². The maximum absolute atomic E-state index is 11.7. The van der Waals surface area contributed by atoms with Gasteiger partial charge in [-0.05, 0) is 20.8 Å². The lowest BCUT2D eigenvalue weighted by Crippen LogP contribution is -2.41. The molecule has 0 saturated carbocycles. The van der Waals surface area contributed by atoms with E-state index in [1.54, 1.807) is 11.6 Å². The fraction of sp³-hybridized carbons (Fsp3) is 0.364. The highest BCUT2D eigenvalue weighted by Crippen LogP contribution is 2.11. The number of carbonyl (C=O) groups is 1. The third kappa shape index (κ3) is 4.66. The third-order valence-electron chi connectivity index (χ3n) is 1.63. The van der Waals surface area contributed by atoms with Crippen molar-refractivity contribution < 1.29 is 4.79 Å². The maximum Gasteiger partial charge on any atom is 0.263 e. The van der Waals surface area contributed by atoms with Crippen molar-refractivity contribution in [3.05, 3.63) is 23.3 Å². The summed E-state index contributed by atoms with van der Waals surface area (Å²) in [5, 5.41) is 16.8. The summed E-state index contributed by atoms with van der Waals surface area (Å²) in [6.07, 6.45) is 3.00. The quantitative estimate of drug-likeness (QED) is 0.634. The first-order valence-corrected chi connectivity index (χ1v) is 5.89. The van der Waals surface area contributed by atoms with Crippen LogP contribution in [0.5, 0.6) is 0 Å². The second-order valence-corrected chi connectivity index (χ2v) is 5.25. The fourth-order valence-corrected chi connectivity index (χ4v) is 1.48. The summed E-state index contributed by atoms with van der Waals surface area (Å²) in [6.45, 7) is 5.57. The van der Waals surface area contributed by atoms with Gasteiger partial charge in [-0.15, -0.1) is 11.3 Å². The Kier molecular flexibility index (Phi) is 4.24. The van der Waals surface area contributed by atoms with Crippen molar-refractivity contribution in [3.63, 3.8) is 0 Å². The molecule has 0 aromatic carbocycles. The maximum atomic E-state index is 11.7. The van der Waals surface area contributed by atoms with Gasteiger partial charge in [-0.3, -0.25) is 4.79 Å². The molecule has 1 rings (SSSR count). The molecule has 5 nitrogen and oxygen atoms in total. The van der Waals surface area contributed by atoms with Crippen LogP contribution in [0.3, 0.4) is 0 Å². The summed E-state index contributed by atoms with van der Waals surface area (Å²) in [5.74, 6) is -0.399. The number of nitrogens with one attached hydrogen (secondary N) is 2. The van der Waals surface area contributed by atoms with E-state index in [1.807, 2.05) is 26.8 Å². The summed E-state index contributed by atoms with van der Waals surface area (Å²) < 4.78 is 0. The van der Waals surface area contributed by atoms with E-state index in [-0.39, 0.29) is 11.1 Å². The molecule has 0 aliphatic rings. The minimum Gasteiger partial charge on any atom is -0.347 e. The van der Waals surface area contributed by atoms with Crippen molar-refractivity contribution in [2.45, 2.75) is 26.3 Å². The van der Waals surface area contributed by atoms with Gasteiger partial charge < -0.3 is 10.6 Å². The molecule has 0 aliphatic carbocycles. The van der Waals surface area contributed by atoms with Gasteiger partial charge in [0, 0.05) is 23.3 Å². The highest BCUT2D eigenvalue weighted by Gasteiger charge is 2.17. The highest BCUT2D eigenvalue weighted by atomic mass is 32.1. The molecule has 0 unspecified atom stereocenters. The Bertz CT molecular complexity index is 451. The van der Waals surface area contributed by atoms with Crippen LogP contribution in [0.15, 0.2) is 23.3 Å². The largest absolute Gasteiger partial charge is 0.347 e. The zero-order chi connectivity index (χ0) is 12.9. The monoisotopic (exact) mass is 250 g/mol. The van der Waals surface area contributed by atoms with Gasteiger partial charge in [0.15, 0.2) is 5.13 Å². The lowest BCUT2D eigenvalue weighted by molar-refractivity contribution is -0.118. The van der Waals surface area contributed by atoms with Gasteiger partial charge in [-0.25, -0.2) is 4.98 Å². The highest BCUT2D eigenvalue weighted by molar-refractivity contribution is 7.13. The number of amides is 1. The van der Waals surface area contributed by atoms with Crippen molar-refractivity contribution in [1.82, 2.24) is 10.3 Å². The van der Waals surface area contributed by atoms with Gasteiger partial charge in [0.2, 0.25) is 0 Å². The van der Waals surface area contributed by atoms with Crippen LogP contribution in [-0.2, 0) is 4.79 Å². The van der Waals surface area contributed by atoms with Crippen LogP contribution in [0.25, 0.3) is 0 Å². The van der Waals surface area contributed by atoms with Gasteiger partial charge in [-0.2, -0.15) is 5.26 Å². The second-order valence-electron chi connectivity index (χ2n) is 4.36. The standard InChI is InChI=1S/C11H14N4OS/c1-11(2,3)15-9(16)8(6-12)7-14-10-13-4-5-17-10/h4-5,7H,1-3H3,(H,13,14)(H,15,16)/b8-7-. The van der Waals surface area contributed by atoms with Gasteiger partial charge in [0.25, 0.3) is 5.91 Å². The number of nitriles is 1. The number of hydrogen-bond acceptors (Lipinski definition) is 5. The topological polar surface area (TPSA) is 77.8 Å². The van der Waals surface area contributed by atoms with E-state index in [1.165, 1.54) is 17.5 Å². The Morgan fingerprint density at radius 3 is 2.76 bits per heavy atom.